The van der Waals surface area contributed by atoms with Crippen molar-refractivity contribution in [3.63, 3.8) is 0 Å². The average molecular weight is 200 g/mol. The van der Waals surface area contributed by atoms with Gasteiger partial charge in [-0.1, -0.05) is 0 Å². The molecule has 14 heavy (non-hydrogen) atoms. The third-order valence-corrected chi connectivity index (χ3v) is 3.40. The fraction of sp³-hybridized carbons (Fsp3) is 1.00. The normalized spacial score (nSPS) is 21.2. The van der Waals surface area contributed by atoms with Crippen molar-refractivity contribution in [2.24, 2.45) is 11.7 Å². The Kier molecular flexibility index (Phi) is 4.85. The second-order valence-corrected chi connectivity index (χ2v) is 4.44. The van der Waals surface area contributed by atoms with E-state index < -0.39 is 0 Å². The summed E-state index contributed by atoms with van der Waals surface area (Å²) in [5, 5.41) is 0. The largest absolute Gasteiger partial charge is 0.380 e. The molecule has 0 aromatic heterocycles. The minimum atomic E-state index is 0.226. The van der Waals surface area contributed by atoms with Gasteiger partial charge in [0.2, 0.25) is 0 Å². The second kappa shape index (κ2) is 5.69. The molecule has 0 aromatic rings. The van der Waals surface area contributed by atoms with Crippen molar-refractivity contribution in [2.75, 3.05) is 27.2 Å². The average Bonchev–Trinajstić information content (AvgIpc) is 3.01. The Morgan fingerprint density at radius 2 is 2.14 bits per heavy atom. The Labute approximate surface area is 87.6 Å². The van der Waals surface area contributed by atoms with Crippen LogP contribution in [-0.4, -0.2) is 44.3 Å². The molecule has 1 aliphatic rings. The molecule has 1 aliphatic carbocycles. The number of hydrogen-bond acceptors (Lipinski definition) is 3. The summed E-state index contributed by atoms with van der Waals surface area (Å²) in [5.41, 5.74) is 5.57. The highest BCUT2D eigenvalue weighted by atomic mass is 16.5. The Morgan fingerprint density at radius 3 is 2.57 bits per heavy atom. The number of methoxy groups -OCH3 is 1. The van der Waals surface area contributed by atoms with Crippen LogP contribution in [-0.2, 0) is 4.74 Å². The molecule has 1 fully saturated rings. The summed E-state index contributed by atoms with van der Waals surface area (Å²) < 4.78 is 5.25. The molecule has 2 N–H and O–H groups in total. The number of nitrogens with two attached hydrogens (primary N) is 1. The molecule has 2 atom stereocenters. The van der Waals surface area contributed by atoms with E-state index in [1.807, 2.05) is 0 Å². The van der Waals surface area contributed by atoms with E-state index in [1.165, 1.54) is 12.8 Å². The minimum Gasteiger partial charge on any atom is -0.380 e. The maximum absolute atomic E-state index is 5.57. The Hall–Kier alpha value is -0.120. The van der Waals surface area contributed by atoms with E-state index in [4.69, 9.17) is 10.5 Å². The van der Waals surface area contributed by atoms with E-state index in [0.717, 1.165) is 24.9 Å². The highest BCUT2D eigenvalue weighted by Gasteiger charge is 2.30. The number of rotatable bonds is 7. The molecule has 1 saturated carbocycles. The van der Waals surface area contributed by atoms with Gasteiger partial charge in [-0.25, -0.2) is 0 Å². The van der Waals surface area contributed by atoms with E-state index in [0.29, 0.717) is 6.54 Å². The zero-order chi connectivity index (χ0) is 10.6. The first-order valence-corrected chi connectivity index (χ1v) is 5.62. The molecule has 0 bridgehead atoms. The van der Waals surface area contributed by atoms with E-state index in [-0.39, 0.29) is 6.10 Å². The molecule has 1 rings (SSSR count). The van der Waals surface area contributed by atoms with Crippen LogP contribution in [0.3, 0.4) is 0 Å². The third kappa shape index (κ3) is 3.56. The lowest BCUT2D eigenvalue weighted by Crippen LogP contribution is -2.35. The maximum Gasteiger partial charge on any atom is 0.0705 e. The van der Waals surface area contributed by atoms with E-state index in [2.05, 4.69) is 18.9 Å². The van der Waals surface area contributed by atoms with Crippen molar-refractivity contribution in [3.05, 3.63) is 0 Å². The third-order valence-electron chi connectivity index (χ3n) is 3.40. The monoisotopic (exact) mass is 200 g/mol. The van der Waals surface area contributed by atoms with Crippen LogP contribution in [0.5, 0.6) is 0 Å². The molecule has 0 amide bonds. The predicted octanol–water partition coefficient (Wildman–Crippen LogP) is 1.08. The molecule has 0 radical (unpaired) electrons. The highest BCUT2D eigenvalue weighted by molar-refractivity contribution is 4.84. The Morgan fingerprint density at radius 1 is 1.50 bits per heavy atom. The number of nitrogens with zero attached hydrogens (tertiary/aromatic N) is 1. The Bertz CT molecular complexity index is 155. The van der Waals surface area contributed by atoms with E-state index in [9.17, 15) is 0 Å². The molecule has 0 saturated heterocycles. The van der Waals surface area contributed by atoms with Crippen molar-refractivity contribution in [2.45, 2.75) is 38.3 Å². The Balaban J connectivity index is 2.15. The summed E-state index contributed by atoms with van der Waals surface area (Å²) in [7, 11) is 3.94. The first-order valence-electron chi connectivity index (χ1n) is 5.62. The van der Waals surface area contributed by atoms with E-state index in [1.54, 1.807) is 7.11 Å². The summed E-state index contributed by atoms with van der Waals surface area (Å²) in [5.74, 6) is 0.943. The molecule has 84 valence electrons. The SMILES string of the molecule is COC(CN)CCN(C)C(C)C1CC1. The molecule has 0 aromatic carbocycles. The first-order chi connectivity index (χ1) is 6.69. The summed E-state index contributed by atoms with van der Waals surface area (Å²) in [6.07, 6.45) is 4.09. The van der Waals surface area contributed by atoms with Gasteiger partial charge in [0.05, 0.1) is 6.10 Å². The predicted molar refractivity (Wildman–Crippen MR) is 59.3 cm³/mol. The first kappa shape index (κ1) is 12.0. The maximum atomic E-state index is 5.57. The molecule has 3 heteroatoms. The van der Waals surface area contributed by atoms with Gasteiger partial charge in [-0.3, -0.25) is 0 Å². The summed E-state index contributed by atoms with van der Waals surface area (Å²) in [6, 6.07) is 0.727. The lowest BCUT2D eigenvalue weighted by Gasteiger charge is -2.26. The van der Waals surface area contributed by atoms with Crippen molar-refractivity contribution >= 4 is 0 Å². The molecule has 3 nitrogen and oxygen atoms in total. The zero-order valence-electron chi connectivity index (χ0n) is 9.70. The summed E-state index contributed by atoms with van der Waals surface area (Å²) >= 11 is 0. The number of hydrogen-bond donors (Lipinski definition) is 1. The lowest BCUT2D eigenvalue weighted by atomic mass is 10.1. The van der Waals surface area contributed by atoms with Crippen LogP contribution in [0.1, 0.15) is 26.2 Å². The molecule has 0 spiro atoms. The van der Waals surface area contributed by atoms with Crippen LogP contribution >= 0.6 is 0 Å². The van der Waals surface area contributed by atoms with Gasteiger partial charge in [0.25, 0.3) is 0 Å². The van der Waals surface area contributed by atoms with Gasteiger partial charge in [0, 0.05) is 26.2 Å². The summed E-state index contributed by atoms with van der Waals surface area (Å²) in [4.78, 5) is 2.43. The quantitative estimate of drug-likeness (QED) is 0.668. The van der Waals surface area contributed by atoms with Gasteiger partial charge in [-0.05, 0) is 39.2 Å². The molecular weight excluding hydrogens is 176 g/mol. The molecule has 0 heterocycles. The van der Waals surface area contributed by atoms with Crippen molar-refractivity contribution in [1.29, 1.82) is 0 Å². The van der Waals surface area contributed by atoms with Gasteiger partial charge in [-0.2, -0.15) is 0 Å². The van der Waals surface area contributed by atoms with Crippen LogP contribution < -0.4 is 5.73 Å². The second-order valence-electron chi connectivity index (χ2n) is 4.44. The number of ether oxygens (including phenoxy) is 1. The van der Waals surface area contributed by atoms with Crippen LogP contribution in [0.2, 0.25) is 0 Å². The van der Waals surface area contributed by atoms with Crippen molar-refractivity contribution < 1.29 is 4.74 Å². The minimum absolute atomic E-state index is 0.226. The van der Waals surface area contributed by atoms with Crippen LogP contribution in [0.25, 0.3) is 0 Å². The highest BCUT2D eigenvalue weighted by Crippen LogP contribution is 2.34. The van der Waals surface area contributed by atoms with Gasteiger partial charge >= 0.3 is 0 Å². The molecular formula is C11H24N2O. The standard InChI is InChI=1S/C11H24N2O/c1-9(10-4-5-10)13(2)7-6-11(8-12)14-3/h9-11H,4-8,12H2,1-3H3. The summed E-state index contributed by atoms with van der Waals surface area (Å²) in [6.45, 7) is 4.04. The van der Waals surface area contributed by atoms with Crippen molar-refractivity contribution in [3.8, 4) is 0 Å². The molecule has 0 aliphatic heterocycles. The van der Waals surface area contributed by atoms with Gasteiger partial charge in [0.1, 0.15) is 0 Å². The fourth-order valence-corrected chi connectivity index (χ4v) is 1.82. The smallest absolute Gasteiger partial charge is 0.0705 e. The zero-order valence-corrected chi connectivity index (χ0v) is 9.70. The topological polar surface area (TPSA) is 38.5 Å². The van der Waals surface area contributed by atoms with Gasteiger partial charge in [-0.15, -0.1) is 0 Å². The van der Waals surface area contributed by atoms with E-state index >= 15 is 0 Å². The van der Waals surface area contributed by atoms with Crippen LogP contribution in [0.15, 0.2) is 0 Å². The van der Waals surface area contributed by atoms with Crippen LogP contribution in [0.4, 0.5) is 0 Å². The molecule has 2 unspecified atom stereocenters. The fourth-order valence-electron chi connectivity index (χ4n) is 1.82. The van der Waals surface area contributed by atoms with Gasteiger partial charge in [0.15, 0.2) is 0 Å². The van der Waals surface area contributed by atoms with Crippen molar-refractivity contribution in [1.82, 2.24) is 4.90 Å². The van der Waals surface area contributed by atoms with Gasteiger partial charge < -0.3 is 15.4 Å². The van der Waals surface area contributed by atoms with Crippen LogP contribution in [0, 0.1) is 5.92 Å². The lowest BCUT2D eigenvalue weighted by molar-refractivity contribution is 0.0866.